The van der Waals surface area contributed by atoms with Gasteiger partial charge in [-0.15, -0.1) is 0 Å². The molecule has 2 nitrogen and oxygen atoms in total. The van der Waals surface area contributed by atoms with Gasteiger partial charge in [-0.2, -0.15) is 13.2 Å². The van der Waals surface area contributed by atoms with Crippen LogP contribution in [0.25, 0.3) is 0 Å². The van der Waals surface area contributed by atoms with Gasteiger partial charge >= 0.3 is 6.18 Å². The molecule has 1 amide bonds. The largest absolute Gasteiger partial charge is 0.417 e. The zero-order valence-electron chi connectivity index (χ0n) is 10.7. The second-order valence-electron chi connectivity index (χ2n) is 4.37. The first-order valence-corrected chi connectivity index (χ1v) is 5.92. The quantitative estimate of drug-likeness (QED) is 0.874. The van der Waals surface area contributed by atoms with Crippen molar-refractivity contribution in [2.75, 3.05) is 5.32 Å². The van der Waals surface area contributed by atoms with E-state index in [1.54, 1.807) is 18.2 Å². The number of amides is 1. The number of hydrogen-bond donors (Lipinski definition) is 1. The highest BCUT2D eigenvalue weighted by atomic mass is 19.4. The summed E-state index contributed by atoms with van der Waals surface area (Å²) in [6, 6.07) is 11.6. The lowest BCUT2D eigenvalue weighted by Gasteiger charge is -2.12. The van der Waals surface area contributed by atoms with Gasteiger partial charge in [0, 0.05) is 5.69 Å². The summed E-state index contributed by atoms with van der Waals surface area (Å²) < 4.78 is 38.5. The van der Waals surface area contributed by atoms with E-state index in [2.05, 4.69) is 5.32 Å². The van der Waals surface area contributed by atoms with E-state index in [-0.39, 0.29) is 5.56 Å². The molecule has 0 saturated heterocycles. The number of benzene rings is 2. The van der Waals surface area contributed by atoms with Gasteiger partial charge in [0.15, 0.2) is 0 Å². The summed E-state index contributed by atoms with van der Waals surface area (Å²) in [5.41, 5.74) is 0.0468. The van der Waals surface area contributed by atoms with Crippen LogP contribution in [0, 0.1) is 6.92 Å². The molecule has 0 aliphatic heterocycles. The van der Waals surface area contributed by atoms with Crippen LogP contribution in [0.15, 0.2) is 48.5 Å². The van der Waals surface area contributed by atoms with Crippen molar-refractivity contribution in [3.8, 4) is 0 Å². The molecule has 0 atom stereocenters. The molecule has 0 radical (unpaired) electrons. The van der Waals surface area contributed by atoms with E-state index in [0.717, 1.165) is 17.7 Å². The number of alkyl halides is 3. The molecule has 0 heterocycles. The lowest BCUT2D eigenvalue weighted by Crippen LogP contribution is -2.18. The van der Waals surface area contributed by atoms with Crippen molar-refractivity contribution < 1.29 is 18.0 Å². The van der Waals surface area contributed by atoms with Crippen LogP contribution in [-0.4, -0.2) is 5.91 Å². The molecule has 0 fully saturated rings. The first kappa shape index (κ1) is 14.1. The van der Waals surface area contributed by atoms with E-state index in [1.165, 1.54) is 12.1 Å². The van der Waals surface area contributed by atoms with Gasteiger partial charge in [-0.3, -0.25) is 4.79 Å². The molecule has 0 aromatic heterocycles. The fourth-order valence-corrected chi connectivity index (χ4v) is 1.85. The number of anilines is 1. The van der Waals surface area contributed by atoms with Crippen molar-refractivity contribution in [1.29, 1.82) is 0 Å². The summed E-state index contributed by atoms with van der Waals surface area (Å²) in [4.78, 5) is 12.0. The first-order valence-electron chi connectivity index (χ1n) is 5.92. The van der Waals surface area contributed by atoms with Crippen LogP contribution in [0.4, 0.5) is 18.9 Å². The Morgan fingerprint density at radius 1 is 1.05 bits per heavy atom. The molecule has 0 bridgehead atoms. The van der Waals surface area contributed by atoms with Crippen molar-refractivity contribution >= 4 is 11.6 Å². The summed E-state index contributed by atoms with van der Waals surface area (Å²) in [5, 5.41) is 2.47. The van der Waals surface area contributed by atoms with Crippen molar-refractivity contribution in [2.45, 2.75) is 13.1 Å². The highest BCUT2D eigenvalue weighted by Gasteiger charge is 2.34. The summed E-state index contributed by atoms with van der Waals surface area (Å²) in [5.74, 6) is -0.775. The minimum Gasteiger partial charge on any atom is -0.322 e. The Balaban J connectivity index is 2.31. The molecule has 0 saturated carbocycles. The van der Waals surface area contributed by atoms with Crippen molar-refractivity contribution in [2.24, 2.45) is 0 Å². The fraction of sp³-hybridized carbons (Fsp3) is 0.133. The lowest BCUT2D eigenvalue weighted by atomic mass is 10.1. The number of rotatable bonds is 2. The van der Waals surface area contributed by atoms with Gasteiger partial charge in [-0.05, 0) is 36.8 Å². The van der Waals surface area contributed by atoms with E-state index in [0.29, 0.717) is 5.69 Å². The van der Waals surface area contributed by atoms with Crippen molar-refractivity contribution in [3.05, 3.63) is 65.2 Å². The molecular formula is C15H12F3NO. The zero-order chi connectivity index (χ0) is 14.8. The third-order valence-electron chi connectivity index (χ3n) is 2.75. The summed E-state index contributed by atoms with van der Waals surface area (Å²) >= 11 is 0. The van der Waals surface area contributed by atoms with Gasteiger partial charge in [-0.25, -0.2) is 0 Å². The predicted molar refractivity (Wildman–Crippen MR) is 70.6 cm³/mol. The third-order valence-corrected chi connectivity index (χ3v) is 2.75. The molecule has 0 aliphatic rings. The van der Waals surface area contributed by atoms with Gasteiger partial charge in [0.25, 0.3) is 5.91 Å². The highest BCUT2D eigenvalue weighted by Crippen LogP contribution is 2.32. The molecule has 0 spiro atoms. The van der Waals surface area contributed by atoms with Gasteiger partial charge in [0.05, 0.1) is 11.1 Å². The Morgan fingerprint density at radius 3 is 2.40 bits per heavy atom. The average molecular weight is 279 g/mol. The van der Waals surface area contributed by atoms with Gasteiger partial charge in [-0.1, -0.05) is 24.3 Å². The Labute approximate surface area is 114 Å². The Kier molecular flexibility index (Phi) is 3.79. The molecular weight excluding hydrogens is 267 g/mol. The molecule has 2 aromatic carbocycles. The minimum atomic E-state index is -4.56. The minimum absolute atomic E-state index is 0.387. The third kappa shape index (κ3) is 3.17. The Bertz CT molecular complexity index is 635. The van der Waals surface area contributed by atoms with Crippen LogP contribution < -0.4 is 5.32 Å². The number of aryl methyl sites for hydroxylation is 1. The van der Waals surface area contributed by atoms with Gasteiger partial charge in [0.2, 0.25) is 0 Å². The Morgan fingerprint density at radius 2 is 1.75 bits per heavy atom. The second-order valence-corrected chi connectivity index (χ2v) is 4.37. The first-order chi connectivity index (χ1) is 9.38. The number of nitrogens with one attached hydrogen (secondary N) is 1. The standard InChI is InChI=1S/C15H12F3NO/c1-10-5-4-6-11(9-10)19-14(20)12-7-2-3-8-13(12)15(16,17)18/h2-9H,1H3,(H,19,20). The van der Waals surface area contributed by atoms with Crippen molar-refractivity contribution in [3.63, 3.8) is 0 Å². The second kappa shape index (κ2) is 5.36. The molecule has 20 heavy (non-hydrogen) atoms. The number of carbonyl (C=O) groups is 1. The van der Waals surface area contributed by atoms with Crippen LogP contribution in [-0.2, 0) is 6.18 Å². The topological polar surface area (TPSA) is 29.1 Å². The van der Waals surface area contributed by atoms with E-state index >= 15 is 0 Å². The molecule has 0 unspecified atom stereocenters. The van der Waals surface area contributed by atoms with Crippen LogP contribution in [0.3, 0.4) is 0 Å². The van der Waals surface area contributed by atoms with Gasteiger partial charge < -0.3 is 5.32 Å². The number of carbonyl (C=O) groups excluding carboxylic acids is 1. The SMILES string of the molecule is Cc1cccc(NC(=O)c2ccccc2C(F)(F)F)c1. The number of halogens is 3. The lowest BCUT2D eigenvalue weighted by molar-refractivity contribution is -0.137. The monoisotopic (exact) mass is 279 g/mol. The summed E-state index contributed by atoms with van der Waals surface area (Å²) in [6.07, 6.45) is -4.56. The van der Waals surface area contributed by atoms with Crippen molar-refractivity contribution in [1.82, 2.24) is 0 Å². The molecule has 2 rings (SSSR count). The van der Waals surface area contributed by atoms with E-state index < -0.39 is 17.6 Å². The van der Waals surface area contributed by atoms with E-state index in [9.17, 15) is 18.0 Å². The fourth-order valence-electron chi connectivity index (χ4n) is 1.85. The summed E-state index contributed by atoms with van der Waals surface area (Å²) in [6.45, 7) is 1.83. The molecule has 5 heteroatoms. The van der Waals surface area contributed by atoms with Crippen LogP contribution in [0.5, 0.6) is 0 Å². The maximum Gasteiger partial charge on any atom is 0.417 e. The maximum absolute atomic E-state index is 12.8. The number of hydrogen-bond acceptors (Lipinski definition) is 1. The maximum atomic E-state index is 12.8. The van der Waals surface area contributed by atoms with Crippen LogP contribution in [0.1, 0.15) is 21.5 Å². The molecule has 0 aliphatic carbocycles. The van der Waals surface area contributed by atoms with E-state index in [4.69, 9.17) is 0 Å². The predicted octanol–water partition coefficient (Wildman–Crippen LogP) is 4.27. The average Bonchev–Trinajstić information content (AvgIpc) is 2.37. The molecule has 104 valence electrons. The normalized spacial score (nSPS) is 11.2. The Hall–Kier alpha value is -2.30. The molecule has 2 aromatic rings. The smallest absolute Gasteiger partial charge is 0.322 e. The zero-order valence-corrected chi connectivity index (χ0v) is 10.7. The van der Waals surface area contributed by atoms with Crippen LogP contribution >= 0.6 is 0 Å². The van der Waals surface area contributed by atoms with Crippen LogP contribution in [0.2, 0.25) is 0 Å². The summed E-state index contributed by atoms with van der Waals surface area (Å²) in [7, 11) is 0. The van der Waals surface area contributed by atoms with E-state index in [1.807, 2.05) is 13.0 Å². The van der Waals surface area contributed by atoms with Gasteiger partial charge in [0.1, 0.15) is 0 Å². The molecule has 1 N–H and O–H groups in total. The highest BCUT2D eigenvalue weighted by molar-refractivity contribution is 6.05.